The second-order valence-corrected chi connectivity index (χ2v) is 8.74. The summed E-state index contributed by atoms with van der Waals surface area (Å²) in [7, 11) is -3.31. The van der Waals surface area contributed by atoms with Gasteiger partial charge in [0.25, 0.3) is 5.91 Å². The van der Waals surface area contributed by atoms with Crippen molar-refractivity contribution in [2.75, 3.05) is 18.8 Å². The first-order valence-corrected chi connectivity index (χ1v) is 10.5. The van der Waals surface area contributed by atoms with Gasteiger partial charge in [-0.05, 0) is 43.0 Å². The normalized spacial score (nSPS) is 14.7. The quantitative estimate of drug-likeness (QED) is 0.793. The molecule has 26 heavy (non-hydrogen) atoms. The van der Waals surface area contributed by atoms with Crippen LogP contribution in [0.3, 0.4) is 0 Å². The number of amides is 1. The van der Waals surface area contributed by atoms with E-state index in [9.17, 15) is 13.2 Å². The molecule has 1 heterocycles. The summed E-state index contributed by atoms with van der Waals surface area (Å²) in [4.78, 5) is 12.1. The Morgan fingerprint density at radius 1 is 1.12 bits per heavy atom. The molecule has 0 bridgehead atoms. The van der Waals surface area contributed by atoms with Gasteiger partial charge >= 0.3 is 0 Å². The minimum absolute atomic E-state index is 0.0449. The Balaban J connectivity index is 1.49. The molecule has 0 unspecified atom stereocenters. The molecule has 138 valence electrons. The van der Waals surface area contributed by atoms with Crippen LogP contribution in [-0.2, 0) is 23.0 Å². The van der Waals surface area contributed by atoms with E-state index in [2.05, 4.69) is 11.4 Å². The molecule has 1 aliphatic rings. The van der Waals surface area contributed by atoms with Gasteiger partial charge in [-0.25, -0.2) is 8.42 Å². The van der Waals surface area contributed by atoms with Crippen LogP contribution in [0.1, 0.15) is 33.5 Å². The Labute approximate surface area is 155 Å². The molecule has 1 aliphatic heterocycles. The SMILES string of the molecule is Cc1cccc(C(=O)NCCCS(=O)(=O)N2CCc3ccccc3C2)c1. The van der Waals surface area contributed by atoms with Crippen molar-refractivity contribution in [1.29, 1.82) is 0 Å². The summed E-state index contributed by atoms with van der Waals surface area (Å²) in [5.41, 5.74) is 3.92. The molecule has 0 saturated heterocycles. The van der Waals surface area contributed by atoms with E-state index in [0.717, 1.165) is 17.5 Å². The van der Waals surface area contributed by atoms with E-state index in [1.54, 1.807) is 10.4 Å². The van der Waals surface area contributed by atoms with Gasteiger partial charge in [-0.15, -0.1) is 0 Å². The highest BCUT2D eigenvalue weighted by molar-refractivity contribution is 7.89. The number of aryl methyl sites for hydroxylation is 1. The number of carbonyl (C=O) groups excluding carboxylic acids is 1. The fourth-order valence-electron chi connectivity index (χ4n) is 3.18. The average molecular weight is 372 g/mol. The van der Waals surface area contributed by atoms with Gasteiger partial charge in [-0.3, -0.25) is 4.79 Å². The lowest BCUT2D eigenvalue weighted by Crippen LogP contribution is -2.38. The number of hydrogen-bond acceptors (Lipinski definition) is 3. The van der Waals surface area contributed by atoms with Crippen molar-refractivity contribution in [3.05, 3.63) is 70.8 Å². The topological polar surface area (TPSA) is 66.5 Å². The van der Waals surface area contributed by atoms with Crippen LogP contribution < -0.4 is 5.32 Å². The number of hydrogen-bond donors (Lipinski definition) is 1. The van der Waals surface area contributed by atoms with Crippen LogP contribution in [0, 0.1) is 6.92 Å². The number of nitrogens with one attached hydrogen (secondary N) is 1. The Hall–Kier alpha value is -2.18. The van der Waals surface area contributed by atoms with E-state index in [1.807, 2.05) is 43.3 Å². The first-order valence-electron chi connectivity index (χ1n) is 8.85. The molecule has 1 amide bonds. The second kappa shape index (κ2) is 8.01. The second-order valence-electron chi connectivity index (χ2n) is 6.65. The molecule has 1 N–H and O–H groups in total. The minimum atomic E-state index is -3.31. The summed E-state index contributed by atoms with van der Waals surface area (Å²) in [5.74, 6) is -0.124. The molecule has 0 radical (unpaired) electrons. The van der Waals surface area contributed by atoms with E-state index < -0.39 is 10.0 Å². The van der Waals surface area contributed by atoms with Crippen molar-refractivity contribution in [2.24, 2.45) is 0 Å². The predicted molar refractivity (Wildman–Crippen MR) is 102 cm³/mol. The summed E-state index contributed by atoms with van der Waals surface area (Å²) in [6.45, 7) is 3.24. The molecule has 6 heteroatoms. The fraction of sp³-hybridized carbons (Fsp3) is 0.350. The van der Waals surface area contributed by atoms with Crippen LogP contribution in [0.2, 0.25) is 0 Å². The Kier molecular flexibility index (Phi) is 5.74. The highest BCUT2D eigenvalue weighted by Gasteiger charge is 2.26. The number of fused-ring (bicyclic) bond motifs is 1. The molecule has 2 aromatic carbocycles. The third-order valence-electron chi connectivity index (χ3n) is 4.63. The van der Waals surface area contributed by atoms with Crippen molar-refractivity contribution < 1.29 is 13.2 Å². The van der Waals surface area contributed by atoms with Gasteiger partial charge in [-0.2, -0.15) is 4.31 Å². The summed E-state index contributed by atoms with van der Waals surface area (Å²) >= 11 is 0. The summed E-state index contributed by atoms with van der Waals surface area (Å²) < 4.78 is 26.7. The molecule has 5 nitrogen and oxygen atoms in total. The highest BCUT2D eigenvalue weighted by Crippen LogP contribution is 2.21. The van der Waals surface area contributed by atoms with Gasteiger partial charge in [0.1, 0.15) is 0 Å². The van der Waals surface area contributed by atoms with Crippen molar-refractivity contribution in [1.82, 2.24) is 9.62 Å². The fourth-order valence-corrected chi connectivity index (χ4v) is 4.65. The maximum Gasteiger partial charge on any atom is 0.251 e. The zero-order valence-electron chi connectivity index (χ0n) is 14.9. The molecule has 3 rings (SSSR count). The standard InChI is InChI=1S/C20H24N2O3S/c1-16-6-4-9-18(14-16)20(23)21-11-5-13-26(24,25)22-12-10-17-7-2-3-8-19(17)15-22/h2-4,6-9,14H,5,10-13,15H2,1H3,(H,21,23). The number of carbonyl (C=O) groups is 1. The molecule has 0 aromatic heterocycles. The minimum Gasteiger partial charge on any atom is -0.352 e. The third-order valence-corrected chi connectivity index (χ3v) is 6.54. The van der Waals surface area contributed by atoms with Crippen molar-refractivity contribution in [3.8, 4) is 0 Å². The number of rotatable bonds is 6. The van der Waals surface area contributed by atoms with Crippen molar-refractivity contribution in [3.63, 3.8) is 0 Å². The number of benzene rings is 2. The molecule has 0 atom stereocenters. The summed E-state index contributed by atoms with van der Waals surface area (Å²) in [6.07, 6.45) is 1.15. The zero-order chi connectivity index (χ0) is 18.6. The lowest BCUT2D eigenvalue weighted by atomic mass is 10.0. The monoisotopic (exact) mass is 372 g/mol. The van der Waals surface area contributed by atoms with E-state index in [-0.39, 0.29) is 11.7 Å². The Morgan fingerprint density at radius 3 is 2.65 bits per heavy atom. The Morgan fingerprint density at radius 2 is 1.88 bits per heavy atom. The van der Waals surface area contributed by atoms with E-state index in [0.29, 0.717) is 31.6 Å². The lowest BCUT2D eigenvalue weighted by molar-refractivity contribution is 0.0953. The molecular weight excluding hydrogens is 348 g/mol. The Bertz CT molecular complexity index is 893. The van der Waals surface area contributed by atoms with Gasteiger partial charge < -0.3 is 5.32 Å². The lowest BCUT2D eigenvalue weighted by Gasteiger charge is -2.28. The smallest absolute Gasteiger partial charge is 0.251 e. The van der Waals surface area contributed by atoms with E-state index >= 15 is 0 Å². The molecule has 0 saturated carbocycles. The van der Waals surface area contributed by atoms with Gasteiger partial charge in [-0.1, -0.05) is 42.0 Å². The van der Waals surface area contributed by atoms with Crippen LogP contribution in [0.15, 0.2) is 48.5 Å². The van der Waals surface area contributed by atoms with Gasteiger partial charge in [0.05, 0.1) is 5.75 Å². The maximum absolute atomic E-state index is 12.6. The van der Waals surface area contributed by atoms with Gasteiger partial charge in [0.2, 0.25) is 10.0 Å². The molecule has 0 aliphatic carbocycles. The third kappa shape index (κ3) is 4.51. The largest absolute Gasteiger partial charge is 0.352 e. The van der Waals surface area contributed by atoms with Gasteiger partial charge in [0.15, 0.2) is 0 Å². The average Bonchev–Trinajstić information content (AvgIpc) is 2.64. The maximum atomic E-state index is 12.6. The summed E-state index contributed by atoms with van der Waals surface area (Å²) in [6, 6.07) is 15.3. The molecule has 0 fully saturated rings. The number of sulfonamides is 1. The van der Waals surface area contributed by atoms with Crippen molar-refractivity contribution >= 4 is 15.9 Å². The van der Waals surface area contributed by atoms with E-state index in [4.69, 9.17) is 0 Å². The zero-order valence-corrected chi connectivity index (χ0v) is 15.8. The first-order chi connectivity index (χ1) is 12.5. The van der Waals surface area contributed by atoms with E-state index in [1.165, 1.54) is 5.56 Å². The number of nitrogens with zero attached hydrogens (tertiary/aromatic N) is 1. The van der Waals surface area contributed by atoms with Gasteiger partial charge in [0, 0.05) is 25.2 Å². The van der Waals surface area contributed by atoms with Crippen LogP contribution in [0.4, 0.5) is 0 Å². The van der Waals surface area contributed by atoms with Crippen LogP contribution >= 0.6 is 0 Å². The molecule has 0 spiro atoms. The van der Waals surface area contributed by atoms with Crippen LogP contribution in [0.25, 0.3) is 0 Å². The first kappa shape index (κ1) is 18.6. The van der Waals surface area contributed by atoms with Crippen LogP contribution in [0.5, 0.6) is 0 Å². The molecule has 2 aromatic rings. The predicted octanol–water partition coefficient (Wildman–Crippen LogP) is 2.50. The summed E-state index contributed by atoms with van der Waals surface area (Å²) in [5, 5.41) is 2.80. The molecular formula is C20H24N2O3S. The van der Waals surface area contributed by atoms with Crippen molar-refractivity contribution in [2.45, 2.75) is 26.3 Å². The van der Waals surface area contributed by atoms with Crippen LogP contribution in [-0.4, -0.2) is 37.5 Å². The highest BCUT2D eigenvalue weighted by atomic mass is 32.2.